The Morgan fingerprint density at radius 1 is 1.33 bits per heavy atom. The Morgan fingerprint density at radius 3 is 2.80 bits per heavy atom. The molecule has 0 bridgehead atoms. The first kappa shape index (κ1) is 12.5. The number of hydrogen-bond acceptors (Lipinski definition) is 3. The van der Waals surface area contributed by atoms with Gasteiger partial charge in [0.1, 0.15) is 5.75 Å². The highest BCUT2D eigenvalue weighted by Crippen LogP contribution is 2.22. The molecule has 15 heavy (non-hydrogen) atoms. The highest BCUT2D eigenvalue weighted by molar-refractivity contribution is 9.10. The molecule has 1 aromatic carbocycles. The Balaban J connectivity index is 2.51. The minimum atomic E-state index is 0.724. The molecule has 1 N–H and O–H groups in total. The zero-order valence-electron chi connectivity index (χ0n) is 9.05. The van der Waals surface area contributed by atoms with E-state index < -0.39 is 0 Å². The molecule has 0 spiro atoms. The summed E-state index contributed by atoms with van der Waals surface area (Å²) in [7, 11) is 3.37. The van der Waals surface area contributed by atoms with Gasteiger partial charge in [0.25, 0.3) is 0 Å². The fourth-order valence-corrected chi connectivity index (χ4v) is 1.60. The summed E-state index contributed by atoms with van der Waals surface area (Å²) in [6.45, 7) is 2.38. The summed E-state index contributed by atoms with van der Waals surface area (Å²) >= 11 is 3.50. The molecule has 3 nitrogen and oxygen atoms in total. The standard InChI is InChI=1S/C11H16BrNO2/c1-14-6-5-13-8-9-7-10(15-2)3-4-11(9)12/h3-4,7,13H,5-6,8H2,1-2H3. The third kappa shape index (κ3) is 4.20. The van der Waals surface area contributed by atoms with Crippen molar-refractivity contribution in [1.29, 1.82) is 0 Å². The highest BCUT2D eigenvalue weighted by atomic mass is 79.9. The second-order valence-corrected chi connectivity index (χ2v) is 3.98. The van der Waals surface area contributed by atoms with Crippen LogP contribution in [0.15, 0.2) is 22.7 Å². The molecule has 4 heteroatoms. The molecule has 0 amide bonds. The lowest BCUT2D eigenvalue weighted by molar-refractivity contribution is 0.199. The van der Waals surface area contributed by atoms with Crippen molar-refractivity contribution in [3.8, 4) is 5.75 Å². The van der Waals surface area contributed by atoms with E-state index in [1.54, 1.807) is 14.2 Å². The lowest BCUT2D eigenvalue weighted by Crippen LogP contribution is -2.18. The second kappa shape index (κ2) is 6.82. The maximum atomic E-state index is 5.16. The van der Waals surface area contributed by atoms with E-state index in [0.29, 0.717) is 0 Å². The van der Waals surface area contributed by atoms with Crippen molar-refractivity contribution in [2.45, 2.75) is 6.54 Å². The van der Waals surface area contributed by atoms with Crippen molar-refractivity contribution in [1.82, 2.24) is 5.32 Å². The molecule has 0 aliphatic carbocycles. The maximum Gasteiger partial charge on any atom is 0.119 e. The zero-order chi connectivity index (χ0) is 11.1. The summed E-state index contributed by atoms with van der Waals surface area (Å²) in [5.41, 5.74) is 1.19. The molecular weight excluding hydrogens is 258 g/mol. The summed E-state index contributed by atoms with van der Waals surface area (Å²) in [5, 5.41) is 3.28. The zero-order valence-corrected chi connectivity index (χ0v) is 10.6. The van der Waals surface area contributed by atoms with Crippen LogP contribution in [0.3, 0.4) is 0 Å². The van der Waals surface area contributed by atoms with Gasteiger partial charge in [-0.3, -0.25) is 0 Å². The molecule has 0 saturated carbocycles. The topological polar surface area (TPSA) is 30.5 Å². The van der Waals surface area contributed by atoms with Crippen LogP contribution in [0.5, 0.6) is 5.75 Å². The largest absolute Gasteiger partial charge is 0.497 e. The van der Waals surface area contributed by atoms with Gasteiger partial charge in [0.15, 0.2) is 0 Å². The molecule has 1 aromatic rings. The number of benzene rings is 1. The lowest BCUT2D eigenvalue weighted by atomic mass is 10.2. The lowest BCUT2D eigenvalue weighted by Gasteiger charge is -2.08. The van der Waals surface area contributed by atoms with Crippen molar-refractivity contribution >= 4 is 15.9 Å². The van der Waals surface area contributed by atoms with E-state index in [9.17, 15) is 0 Å². The molecular formula is C11H16BrNO2. The van der Waals surface area contributed by atoms with E-state index in [1.165, 1.54) is 5.56 Å². The van der Waals surface area contributed by atoms with E-state index in [2.05, 4.69) is 21.2 Å². The number of hydrogen-bond donors (Lipinski definition) is 1. The number of nitrogens with one attached hydrogen (secondary N) is 1. The summed E-state index contributed by atoms with van der Waals surface area (Å²) in [6.07, 6.45) is 0. The van der Waals surface area contributed by atoms with Gasteiger partial charge < -0.3 is 14.8 Å². The summed E-state index contributed by atoms with van der Waals surface area (Å²) in [5.74, 6) is 0.877. The Bertz CT molecular complexity index is 305. The van der Waals surface area contributed by atoms with Crippen molar-refractivity contribution in [3.63, 3.8) is 0 Å². The highest BCUT2D eigenvalue weighted by Gasteiger charge is 2.01. The summed E-state index contributed by atoms with van der Waals surface area (Å²) < 4.78 is 11.2. The van der Waals surface area contributed by atoms with Crippen LogP contribution in [-0.4, -0.2) is 27.4 Å². The molecule has 0 atom stereocenters. The summed E-state index contributed by atoms with van der Waals surface area (Å²) in [6, 6.07) is 5.94. The molecule has 0 saturated heterocycles. The monoisotopic (exact) mass is 273 g/mol. The van der Waals surface area contributed by atoms with Gasteiger partial charge in [-0.25, -0.2) is 0 Å². The smallest absolute Gasteiger partial charge is 0.119 e. The molecule has 0 aliphatic heterocycles. The predicted molar refractivity (Wildman–Crippen MR) is 64.3 cm³/mol. The Hall–Kier alpha value is -0.580. The van der Waals surface area contributed by atoms with Gasteiger partial charge in [0, 0.05) is 24.7 Å². The molecule has 0 unspecified atom stereocenters. The van der Waals surface area contributed by atoms with E-state index in [-0.39, 0.29) is 0 Å². The second-order valence-electron chi connectivity index (χ2n) is 3.13. The van der Waals surface area contributed by atoms with Crippen LogP contribution in [-0.2, 0) is 11.3 Å². The van der Waals surface area contributed by atoms with Crippen LogP contribution in [0.1, 0.15) is 5.56 Å². The average molecular weight is 274 g/mol. The van der Waals surface area contributed by atoms with Crippen LogP contribution in [0.2, 0.25) is 0 Å². The molecule has 0 aromatic heterocycles. The van der Waals surface area contributed by atoms with Crippen LogP contribution < -0.4 is 10.1 Å². The van der Waals surface area contributed by atoms with Gasteiger partial charge in [-0.1, -0.05) is 15.9 Å². The normalized spacial score (nSPS) is 10.3. The number of ether oxygens (including phenoxy) is 2. The fourth-order valence-electron chi connectivity index (χ4n) is 1.21. The first-order chi connectivity index (χ1) is 7.27. The van der Waals surface area contributed by atoms with Crippen LogP contribution in [0.25, 0.3) is 0 Å². The molecule has 0 fully saturated rings. The third-order valence-corrected chi connectivity index (χ3v) is 2.82. The van der Waals surface area contributed by atoms with Gasteiger partial charge in [0.05, 0.1) is 13.7 Å². The number of rotatable bonds is 6. The van der Waals surface area contributed by atoms with Gasteiger partial charge in [-0.15, -0.1) is 0 Å². The van der Waals surface area contributed by atoms with Crippen molar-refractivity contribution in [2.24, 2.45) is 0 Å². The minimum Gasteiger partial charge on any atom is -0.497 e. The van der Waals surface area contributed by atoms with Gasteiger partial charge >= 0.3 is 0 Å². The molecule has 0 aliphatic rings. The average Bonchev–Trinajstić information content (AvgIpc) is 2.26. The van der Waals surface area contributed by atoms with Crippen molar-refractivity contribution < 1.29 is 9.47 Å². The quantitative estimate of drug-likeness (QED) is 0.807. The molecule has 1 rings (SSSR count). The number of halogens is 1. The Kier molecular flexibility index (Phi) is 5.68. The van der Waals surface area contributed by atoms with Gasteiger partial charge in [-0.2, -0.15) is 0 Å². The molecule has 0 heterocycles. The van der Waals surface area contributed by atoms with E-state index in [0.717, 1.165) is 29.9 Å². The predicted octanol–water partition coefficient (Wildman–Crippen LogP) is 2.19. The van der Waals surface area contributed by atoms with Crippen LogP contribution in [0.4, 0.5) is 0 Å². The van der Waals surface area contributed by atoms with E-state index in [1.807, 2.05) is 18.2 Å². The molecule has 84 valence electrons. The van der Waals surface area contributed by atoms with Crippen molar-refractivity contribution in [2.75, 3.05) is 27.4 Å². The Labute approximate surface area is 98.9 Å². The fraction of sp³-hybridized carbons (Fsp3) is 0.455. The third-order valence-electron chi connectivity index (χ3n) is 2.05. The summed E-state index contributed by atoms with van der Waals surface area (Å²) in [4.78, 5) is 0. The van der Waals surface area contributed by atoms with E-state index >= 15 is 0 Å². The molecule has 0 radical (unpaired) electrons. The van der Waals surface area contributed by atoms with Crippen molar-refractivity contribution in [3.05, 3.63) is 28.2 Å². The van der Waals surface area contributed by atoms with Crippen LogP contribution in [0, 0.1) is 0 Å². The first-order valence-electron chi connectivity index (χ1n) is 4.80. The SMILES string of the molecule is COCCNCc1cc(OC)ccc1Br. The minimum absolute atomic E-state index is 0.724. The van der Waals surface area contributed by atoms with Gasteiger partial charge in [0.2, 0.25) is 0 Å². The first-order valence-corrected chi connectivity index (χ1v) is 5.59. The number of methoxy groups -OCH3 is 2. The van der Waals surface area contributed by atoms with E-state index in [4.69, 9.17) is 9.47 Å². The van der Waals surface area contributed by atoms with Crippen LogP contribution >= 0.6 is 15.9 Å². The maximum absolute atomic E-state index is 5.16. The van der Waals surface area contributed by atoms with Gasteiger partial charge in [-0.05, 0) is 23.8 Å². The Morgan fingerprint density at radius 2 is 2.13 bits per heavy atom.